The standard InChI is InChI=1S/C27H27Cl2N3O4S/c1-3-25-23(13-18-5-8-20(28)15-22(18)29)30-26-14-19(11-12-32(25)26)27(34)31-24(16-33)17-6-9-21(10-7-17)37(35,36)4-2/h5-12,14-15,24,33H,3-4,13,16H2,1-2H3,(H,31,34)/t24-/m0/s1. The Morgan fingerprint density at radius 1 is 1.08 bits per heavy atom. The molecule has 2 aromatic carbocycles. The molecule has 0 aliphatic carbocycles. The van der Waals surface area contributed by atoms with Gasteiger partial charge in [-0.1, -0.05) is 55.2 Å². The van der Waals surface area contributed by atoms with E-state index in [2.05, 4.69) is 5.32 Å². The lowest BCUT2D eigenvalue weighted by molar-refractivity contribution is 0.0916. The number of aryl methyl sites for hydroxylation is 1. The zero-order chi connectivity index (χ0) is 26.7. The molecule has 1 atom stereocenters. The summed E-state index contributed by atoms with van der Waals surface area (Å²) in [7, 11) is -3.33. The van der Waals surface area contributed by atoms with Gasteiger partial charge in [-0.25, -0.2) is 13.4 Å². The Morgan fingerprint density at radius 2 is 1.81 bits per heavy atom. The summed E-state index contributed by atoms with van der Waals surface area (Å²) in [6.45, 7) is 3.28. The van der Waals surface area contributed by atoms with Gasteiger partial charge in [-0.2, -0.15) is 0 Å². The number of hydrogen-bond acceptors (Lipinski definition) is 5. The average molecular weight is 561 g/mol. The van der Waals surface area contributed by atoms with Gasteiger partial charge < -0.3 is 14.8 Å². The van der Waals surface area contributed by atoms with Crippen molar-refractivity contribution in [2.75, 3.05) is 12.4 Å². The minimum Gasteiger partial charge on any atom is -0.394 e. The number of pyridine rings is 1. The molecule has 1 amide bonds. The first-order chi connectivity index (χ1) is 17.7. The van der Waals surface area contributed by atoms with Gasteiger partial charge in [-0.15, -0.1) is 0 Å². The summed E-state index contributed by atoms with van der Waals surface area (Å²) in [5.41, 5.74) is 4.40. The minimum atomic E-state index is -3.33. The number of benzene rings is 2. The minimum absolute atomic E-state index is 0.00302. The van der Waals surface area contributed by atoms with Crippen LogP contribution in [0.15, 0.2) is 65.7 Å². The van der Waals surface area contributed by atoms with Crippen LogP contribution in [-0.4, -0.2) is 41.2 Å². The summed E-state index contributed by atoms with van der Waals surface area (Å²) in [5, 5.41) is 13.9. The van der Waals surface area contributed by atoms with Crippen molar-refractivity contribution in [1.29, 1.82) is 0 Å². The van der Waals surface area contributed by atoms with Crippen molar-refractivity contribution < 1.29 is 18.3 Å². The number of carbonyl (C=O) groups excluding carboxylic acids is 1. The van der Waals surface area contributed by atoms with E-state index < -0.39 is 15.9 Å². The maximum atomic E-state index is 13.0. The van der Waals surface area contributed by atoms with E-state index in [1.165, 1.54) is 12.1 Å². The molecule has 0 aliphatic heterocycles. The van der Waals surface area contributed by atoms with Crippen LogP contribution in [0.1, 0.15) is 52.8 Å². The number of nitrogens with zero attached hydrogens (tertiary/aromatic N) is 2. The number of aromatic nitrogens is 2. The van der Waals surface area contributed by atoms with E-state index in [-0.39, 0.29) is 23.2 Å². The first-order valence-corrected chi connectivity index (χ1v) is 14.3. The van der Waals surface area contributed by atoms with Gasteiger partial charge in [-0.3, -0.25) is 4.79 Å². The number of halogens is 2. The molecule has 4 aromatic rings. The van der Waals surface area contributed by atoms with E-state index in [1.807, 2.05) is 17.4 Å². The Kier molecular flexibility index (Phi) is 8.23. The molecule has 0 radical (unpaired) electrons. The maximum Gasteiger partial charge on any atom is 0.252 e. The first-order valence-electron chi connectivity index (χ1n) is 11.8. The number of sulfone groups is 1. The van der Waals surface area contributed by atoms with Crippen LogP contribution >= 0.6 is 23.2 Å². The molecule has 2 heterocycles. The van der Waals surface area contributed by atoms with Gasteiger partial charge in [0.15, 0.2) is 9.84 Å². The molecule has 0 saturated heterocycles. The predicted molar refractivity (Wildman–Crippen MR) is 145 cm³/mol. The number of carbonyl (C=O) groups is 1. The van der Waals surface area contributed by atoms with Gasteiger partial charge in [0.1, 0.15) is 5.65 Å². The van der Waals surface area contributed by atoms with E-state index in [4.69, 9.17) is 28.2 Å². The van der Waals surface area contributed by atoms with E-state index in [9.17, 15) is 18.3 Å². The van der Waals surface area contributed by atoms with Crippen molar-refractivity contribution >= 4 is 44.6 Å². The molecule has 0 saturated carbocycles. The molecule has 10 heteroatoms. The fraction of sp³-hybridized carbons (Fsp3) is 0.259. The van der Waals surface area contributed by atoms with Crippen molar-refractivity contribution in [1.82, 2.24) is 14.7 Å². The molecule has 4 rings (SSSR count). The molecule has 2 N–H and O–H groups in total. The maximum absolute atomic E-state index is 13.0. The van der Waals surface area contributed by atoms with Crippen LogP contribution in [0, 0.1) is 0 Å². The van der Waals surface area contributed by atoms with Crippen LogP contribution in [0.5, 0.6) is 0 Å². The summed E-state index contributed by atoms with van der Waals surface area (Å²) in [4.78, 5) is 18.0. The van der Waals surface area contributed by atoms with Crippen LogP contribution < -0.4 is 5.32 Å². The summed E-state index contributed by atoms with van der Waals surface area (Å²) in [5.74, 6) is -0.383. The third kappa shape index (κ3) is 5.83. The monoisotopic (exact) mass is 559 g/mol. The number of rotatable bonds is 9. The molecule has 37 heavy (non-hydrogen) atoms. The van der Waals surface area contributed by atoms with Crippen molar-refractivity contribution in [3.8, 4) is 0 Å². The molecular weight excluding hydrogens is 533 g/mol. The summed E-state index contributed by atoms with van der Waals surface area (Å²) >= 11 is 12.4. The predicted octanol–water partition coefficient (Wildman–Crippen LogP) is 5.05. The number of fused-ring (bicyclic) bond motifs is 1. The average Bonchev–Trinajstić information content (AvgIpc) is 3.25. The Labute approximate surface area is 226 Å². The van der Waals surface area contributed by atoms with Gasteiger partial charge in [0.25, 0.3) is 5.91 Å². The Balaban J connectivity index is 1.57. The topological polar surface area (TPSA) is 101 Å². The molecule has 7 nitrogen and oxygen atoms in total. The van der Waals surface area contributed by atoms with Gasteiger partial charge in [-0.05, 0) is 53.9 Å². The molecule has 2 aromatic heterocycles. The zero-order valence-corrected chi connectivity index (χ0v) is 22.7. The lowest BCUT2D eigenvalue weighted by Crippen LogP contribution is -2.30. The van der Waals surface area contributed by atoms with Crippen molar-refractivity contribution in [2.24, 2.45) is 0 Å². The molecule has 194 valence electrons. The second kappa shape index (κ2) is 11.2. The smallest absolute Gasteiger partial charge is 0.252 e. The normalized spacial score (nSPS) is 12.6. The lowest BCUT2D eigenvalue weighted by atomic mass is 10.1. The van der Waals surface area contributed by atoms with Crippen molar-refractivity contribution in [3.63, 3.8) is 0 Å². The number of aliphatic hydroxyl groups excluding tert-OH is 1. The molecule has 0 spiro atoms. The van der Waals surface area contributed by atoms with Crippen LogP contribution in [0.2, 0.25) is 10.0 Å². The van der Waals surface area contributed by atoms with Crippen molar-refractivity contribution in [2.45, 2.75) is 37.6 Å². The van der Waals surface area contributed by atoms with E-state index >= 15 is 0 Å². The molecular formula is C27H27Cl2N3O4S. The van der Waals surface area contributed by atoms with Gasteiger partial charge in [0.05, 0.1) is 29.0 Å². The number of imidazole rings is 1. The SMILES string of the molecule is CCc1c(Cc2ccc(Cl)cc2Cl)nc2cc(C(=O)N[C@@H](CO)c3ccc(S(=O)(=O)CC)cc3)ccn12. The molecule has 0 fully saturated rings. The summed E-state index contributed by atoms with van der Waals surface area (Å²) < 4.78 is 26.1. The highest BCUT2D eigenvalue weighted by atomic mass is 35.5. The van der Waals surface area contributed by atoms with E-state index in [0.717, 1.165) is 23.4 Å². The van der Waals surface area contributed by atoms with Gasteiger partial charge in [0.2, 0.25) is 0 Å². The van der Waals surface area contributed by atoms with E-state index in [0.29, 0.717) is 33.2 Å². The van der Waals surface area contributed by atoms with Crippen LogP contribution in [-0.2, 0) is 22.7 Å². The summed E-state index contributed by atoms with van der Waals surface area (Å²) in [6.07, 6.45) is 3.07. The van der Waals surface area contributed by atoms with Crippen LogP contribution in [0.4, 0.5) is 0 Å². The largest absolute Gasteiger partial charge is 0.394 e. The van der Waals surface area contributed by atoms with Gasteiger partial charge >= 0.3 is 0 Å². The number of amides is 1. The first kappa shape index (κ1) is 27.1. The van der Waals surface area contributed by atoms with Gasteiger partial charge in [0, 0.05) is 33.9 Å². The fourth-order valence-corrected chi connectivity index (χ4v) is 5.56. The highest BCUT2D eigenvalue weighted by Gasteiger charge is 2.19. The molecule has 0 unspecified atom stereocenters. The van der Waals surface area contributed by atoms with E-state index in [1.54, 1.807) is 49.5 Å². The number of hydrogen-bond donors (Lipinski definition) is 2. The zero-order valence-electron chi connectivity index (χ0n) is 20.4. The lowest BCUT2D eigenvalue weighted by Gasteiger charge is -2.17. The highest BCUT2D eigenvalue weighted by molar-refractivity contribution is 7.91. The third-order valence-electron chi connectivity index (χ3n) is 6.29. The molecule has 0 aliphatic rings. The second-order valence-electron chi connectivity index (χ2n) is 8.60. The van der Waals surface area contributed by atoms with Crippen LogP contribution in [0.3, 0.4) is 0 Å². The highest BCUT2D eigenvalue weighted by Crippen LogP contribution is 2.26. The molecule has 0 bridgehead atoms. The fourth-order valence-electron chi connectivity index (χ4n) is 4.20. The Morgan fingerprint density at radius 3 is 2.43 bits per heavy atom. The van der Waals surface area contributed by atoms with Crippen LogP contribution in [0.25, 0.3) is 5.65 Å². The Hall–Kier alpha value is -2.91. The second-order valence-corrected chi connectivity index (χ2v) is 11.7. The quantitative estimate of drug-likeness (QED) is 0.299. The number of nitrogens with one attached hydrogen (secondary N) is 1. The number of aliphatic hydroxyl groups is 1. The summed E-state index contributed by atoms with van der Waals surface area (Å²) in [6, 6.07) is 14.3. The third-order valence-corrected chi connectivity index (χ3v) is 8.63. The van der Waals surface area contributed by atoms with Crippen molar-refractivity contribution in [3.05, 3.63) is 98.9 Å². The Bertz CT molecular complexity index is 1550.